The van der Waals surface area contributed by atoms with Crippen LogP contribution < -0.4 is 4.74 Å². The lowest BCUT2D eigenvalue weighted by atomic mass is 10.2. The van der Waals surface area contributed by atoms with Crippen LogP contribution in [-0.4, -0.2) is 15.0 Å². The van der Waals surface area contributed by atoms with Crippen LogP contribution in [0.1, 0.15) is 5.56 Å². The molecule has 0 saturated carbocycles. The first-order valence-electron chi connectivity index (χ1n) is 5.74. The van der Waals surface area contributed by atoms with E-state index < -0.39 is 0 Å². The van der Waals surface area contributed by atoms with Gasteiger partial charge < -0.3 is 4.74 Å². The molecule has 1 aromatic carbocycles. The minimum atomic E-state index is 0.393. The number of pyridine rings is 1. The van der Waals surface area contributed by atoms with Gasteiger partial charge in [0.2, 0.25) is 5.88 Å². The van der Waals surface area contributed by atoms with Gasteiger partial charge in [-0.1, -0.05) is 17.7 Å². The van der Waals surface area contributed by atoms with E-state index in [2.05, 4.69) is 15.0 Å². The normalized spacial score (nSPS) is 10.6. The molecule has 19 heavy (non-hydrogen) atoms. The molecule has 0 saturated heterocycles. The SMILES string of the molecule is Cc1c(Cl)ncnc1Oc1ccc2cccnc2c1. The lowest BCUT2D eigenvalue weighted by molar-refractivity contribution is 0.458. The Morgan fingerprint density at radius 2 is 2.00 bits per heavy atom. The highest BCUT2D eigenvalue weighted by Gasteiger charge is 2.07. The predicted octanol–water partition coefficient (Wildman–Crippen LogP) is 3.78. The highest BCUT2D eigenvalue weighted by Crippen LogP contribution is 2.27. The van der Waals surface area contributed by atoms with Crippen LogP contribution in [0, 0.1) is 6.92 Å². The first kappa shape index (κ1) is 11.9. The largest absolute Gasteiger partial charge is 0.439 e. The van der Waals surface area contributed by atoms with Gasteiger partial charge in [-0.3, -0.25) is 4.98 Å². The summed E-state index contributed by atoms with van der Waals surface area (Å²) in [6.07, 6.45) is 3.13. The Morgan fingerprint density at radius 1 is 1.11 bits per heavy atom. The number of aromatic nitrogens is 3. The van der Waals surface area contributed by atoms with Gasteiger partial charge >= 0.3 is 0 Å². The molecule has 3 aromatic rings. The standard InChI is InChI=1S/C14H10ClN3O/c1-9-13(15)17-8-18-14(9)19-11-5-4-10-3-2-6-16-12(10)7-11/h2-8H,1H3. The maximum atomic E-state index is 5.93. The monoisotopic (exact) mass is 271 g/mol. The van der Waals surface area contributed by atoms with Gasteiger partial charge in [0.15, 0.2) is 0 Å². The highest BCUT2D eigenvalue weighted by atomic mass is 35.5. The van der Waals surface area contributed by atoms with Crippen molar-refractivity contribution in [3.63, 3.8) is 0 Å². The third kappa shape index (κ3) is 2.35. The van der Waals surface area contributed by atoms with E-state index in [1.165, 1.54) is 6.33 Å². The molecule has 0 N–H and O–H groups in total. The Balaban J connectivity index is 1.99. The van der Waals surface area contributed by atoms with Crippen LogP contribution in [0.15, 0.2) is 42.9 Å². The molecule has 0 bridgehead atoms. The topological polar surface area (TPSA) is 47.9 Å². The molecule has 0 radical (unpaired) electrons. The lowest BCUT2D eigenvalue weighted by Gasteiger charge is -2.08. The van der Waals surface area contributed by atoms with Gasteiger partial charge in [-0.2, -0.15) is 0 Å². The van der Waals surface area contributed by atoms with Gasteiger partial charge in [0.05, 0.1) is 5.52 Å². The average Bonchev–Trinajstić information content (AvgIpc) is 2.44. The first-order chi connectivity index (χ1) is 9.24. The summed E-state index contributed by atoms with van der Waals surface area (Å²) in [7, 11) is 0. The molecule has 0 aliphatic heterocycles. The summed E-state index contributed by atoms with van der Waals surface area (Å²) < 4.78 is 5.72. The van der Waals surface area contributed by atoms with Crippen molar-refractivity contribution in [1.29, 1.82) is 0 Å². The van der Waals surface area contributed by atoms with E-state index in [0.717, 1.165) is 10.9 Å². The first-order valence-corrected chi connectivity index (χ1v) is 6.11. The predicted molar refractivity (Wildman–Crippen MR) is 73.6 cm³/mol. The number of rotatable bonds is 2. The number of hydrogen-bond donors (Lipinski definition) is 0. The highest BCUT2D eigenvalue weighted by molar-refractivity contribution is 6.30. The van der Waals surface area contributed by atoms with Gasteiger partial charge in [-0.15, -0.1) is 0 Å². The molecule has 0 fully saturated rings. The summed E-state index contributed by atoms with van der Waals surface area (Å²) in [5.74, 6) is 1.12. The fraction of sp³-hybridized carbons (Fsp3) is 0.0714. The number of benzene rings is 1. The minimum Gasteiger partial charge on any atom is -0.439 e. The molecule has 2 heterocycles. The van der Waals surface area contributed by atoms with Crippen LogP contribution in [0.4, 0.5) is 0 Å². The molecular weight excluding hydrogens is 262 g/mol. The molecule has 0 unspecified atom stereocenters. The zero-order chi connectivity index (χ0) is 13.2. The van der Waals surface area contributed by atoms with Crippen LogP contribution in [0.25, 0.3) is 10.9 Å². The molecule has 5 heteroatoms. The Morgan fingerprint density at radius 3 is 2.89 bits per heavy atom. The van der Waals surface area contributed by atoms with Gasteiger partial charge in [-0.05, 0) is 25.1 Å². The summed E-state index contributed by atoms with van der Waals surface area (Å²) in [5, 5.41) is 1.45. The van der Waals surface area contributed by atoms with Crippen LogP contribution in [0.5, 0.6) is 11.6 Å². The third-order valence-corrected chi connectivity index (χ3v) is 3.15. The second-order valence-corrected chi connectivity index (χ2v) is 4.41. The van der Waals surface area contributed by atoms with Crippen LogP contribution >= 0.6 is 11.6 Å². The average molecular weight is 272 g/mol. The van der Waals surface area contributed by atoms with E-state index in [1.807, 2.05) is 37.3 Å². The van der Waals surface area contributed by atoms with E-state index in [0.29, 0.717) is 22.3 Å². The zero-order valence-corrected chi connectivity index (χ0v) is 10.9. The smallest absolute Gasteiger partial charge is 0.226 e. The molecular formula is C14H10ClN3O. The molecule has 2 aromatic heterocycles. The van der Waals surface area contributed by atoms with E-state index in [1.54, 1.807) is 6.20 Å². The van der Waals surface area contributed by atoms with Gasteiger partial charge in [-0.25, -0.2) is 9.97 Å². The van der Waals surface area contributed by atoms with Crippen LogP contribution in [0.3, 0.4) is 0 Å². The van der Waals surface area contributed by atoms with Crippen molar-refractivity contribution in [3.8, 4) is 11.6 Å². The third-order valence-electron chi connectivity index (χ3n) is 2.77. The van der Waals surface area contributed by atoms with Crippen molar-refractivity contribution in [2.24, 2.45) is 0 Å². The Kier molecular flexibility index (Phi) is 3.01. The van der Waals surface area contributed by atoms with Crippen molar-refractivity contribution < 1.29 is 4.74 Å². The minimum absolute atomic E-state index is 0.393. The summed E-state index contributed by atoms with van der Waals surface area (Å²) in [4.78, 5) is 12.3. The quantitative estimate of drug-likeness (QED) is 0.666. The Bertz CT molecular complexity index is 746. The van der Waals surface area contributed by atoms with Crippen molar-refractivity contribution >= 4 is 22.5 Å². The Hall–Kier alpha value is -2.20. The van der Waals surface area contributed by atoms with Gasteiger partial charge in [0.1, 0.15) is 17.2 Å². The van der Waals surface area contributed by atoms with Crippen LogP contribution in [0.2, 0.25) is 5.15 Å². The van der Waals surface area contributed by atoms with Crippen molar-refractivity contribution in [3.05, 3.63) is 53.6 Å². The number of ether oxygens (including phenoxy) is 1. The van der Waals surface area contributed by atoms with Crippen molar-refractivity contribution in [2.75, 3.05) is 0 Å². The molecule has 0 amide bonds. The Labute approximate surface area is 115 Å². The van der Waals surface area contributed by atoms with Crippen LogP contribution in [-0.2, 0) is 0 Å². The van der Waals surface area contributed by atoms with Gasteiger partial charge in [0, 0.05) is 23.2 Å². The fourth-order valence-electron chi connectivity index (χ4n) is 1.74. The van der Waals surface area contributed by atoms with Crippen molar-refractivity contribution in [2.45, 2.75) is 6.92 Å². The van der Waals surface area contributed by atoms with E-state index >= 15 is 0 Å². The maximum absolute atomic E-state index is 5.93. The second-order valence-electron chi connectivity index (χ2n) is 4.05. The summed E-state index contributed by atoms with van der Waals surface area (Å²) in [5.41, 5.74) is 1.59. The van der Waals surface area contributed by atoms with E-state index in [9.17, 15) is 0 Å². The zero-order valence-electron chi connectivity index (χ0n) is 10.2. The molecule has 0 spiro atoms. The molecule has 0 aliphatic carbocycles. The fourth-order valence-corrected chi connectivity index (χ4v) is 1.86. The molecule has 94 valence electrons. The van der Waals surface area contributed by atoms with E-state index in [4.69, 9.17) is 16.3 Å². The summed E-state index contributed by atoms with van der Waals surface area (Å²) in [6, 6.07) is 9.59. The molecule has 0 atom stereocenters. The number of nitrogens with zero attached hydrogens (tertiary/aromatic N) is 3. The second kappa shape index (κ2) is 4.82. The molecule has 4 nitrogen and oxygen atoms in total. The van der Waals surface area contributed by atoms with Crippen molar-refractivity contribution in [1.82, 2.24) is 15.0 Å². The maximum Gasteiger partial charge on any atom is 0.226 e. The van der Waals surface area contributed by atoms with Gasteiger partial charge in [0.25, 0.3) is 0 Å². The number of hydrogen-bond acceptors (Lipinski definition) is 4. The summed E-state index contributed by atoms with van der Waals surface area (Å²) >= 11 is 5.93. The van der Waals surface area contributed by atoms with E-state index in [-0.39, 0.29) is 0 Å². The lowest BCUT2D eigenvalue weighted by Crippen LogP contribution is -1.93. The molecule has 0 aliphatic rings. The molecule has 3 rings (SSSR count). The summed E-state index contributed by atoms with van der Waals surface area (Å²) in [6.45, 7) is 1.82. The number of halogens is 1. The number of fused-ring (bicyclic) bond motifs is 1.